The number of ketones is 1. The van der Waals surface area contributed by atoms with Crippen molar-refractivity contribution < 1.29 is 4.79 Å². The second-order valence-electron chi connectivity index (χ2n) is 4.54. The van der Waals surface area contributed by atoms with Gasteiger partial charge in [0.15, 0.2) is 5.78 Å². The molecule has 92 valence electrons. The van der Waals surface area contributed by atoms with Crippen LogP contribution in [-0.4, -0.2) is 5.78 Å². The average Bonchev–Trinajstić information content (AvgIpc) is 2.34. The highest BCUT2D eigenvalue weighted by molar-refractivity contribution is 9.10. The van der Waals surface area contributed by atoms with Gasteiger partial charge < -0.3 is 0 Å². The number of carbonyl (C=O) groups is 1. The Morgan fingerprint density at radius 1 is 1.11 bits per heavy atom. The monoisotopic (exact) mass is 302 g/mol. The fraction of sp³-hybridized carbons (Fsp3) is 0.188. The van der Waals surface area contributed by atoms with Gasteiger partial charge in [0.05, 0.1) is 0 Å². The maximum absolute atomic E-state index is 12.2. The summed E-state index contributed by atoms with van der Waals surface area (Å²) in [5.41, 5.74) is 4.23. The number of benzene rings is 2. The molecule has 0 aliphatic heterocycles. The SMILES string of the molecule is Cc1ccc(C)c(CC(=O)c2cccc(Br)c2)c1. The molecule has 1 nitrogen and oxygen atoms in total. The molecule has 2 aromatic rings. The zero-order chi connectivity index (χ0) is 13.1. The Labute approximate surface area is 116 Å². The number of halogens is 1. The number of hydrogen-bond donors (Lipinski definition) is 0. The summed E-state index contributed by atoms with van der Waals surface area (Å²) in [7, 11) is 0. The van der Waals surface area contributed by atoms with Crippen LogP contribution in [0.4, 0.5) is 0 Å². The third kappa shape index (κ3) is 3.08. The van der Waals surface area contributed by atoms with Crippen molar-refractivity contribution in [3.05, 3.63) is 69.2 Å². The number of rotatable bonds is 3. The first-order chi connectivity index (χ1) is 8.56. The van der Waals surface area contributed by atoms with Crippen LogP contribution in [0.5, 0.6) is 0 Å². The van der Waals surface area contributed by atoms with Crippen molar-refractivity contribution in [1.82, 2.24) is 0 Å². The summed E-state index contributed by atoms with van der Waals surface area (Å²) in [5, 5.41) is 0. The fourth-order valence-electron chi connectivity index (χ4n) is 1.93. The van der Waals surface area contributed by atoms with Gasteiger partial charge in [-0.2, -0.15) is 0 Å². The van der Waals surface area contributed by atoms with Gasteiger partial charge in [0, 0.05) is 16.5 Å². The van der Waals surface area contributed by atoms with Crippen molar-refractivity contribution in [3.63, 3.8) is 0 Å². The summed E-state index contributed by atoms with van der Waals surface area (Å²) >= 11 is 3.39. The molecule has 18 heavy (non-hydrogen) atoms. The number of aryl methyl sites for hydroxylation is 2. The van der Waals surface area contributed by atoms with E-state index in [1.54, 1.807) is 0 Å². The Morgan fingerprint density at radius 3 is 2.61 bits per heavy atom. The molecule has 0 atom stereocenters. The number of carbonyl (C=O) groups excluding carboxylic acids is 1. The normalized spacial score (nSPS) is 10.4. The molecule has 0 spiro atoms. The standard InChI is InChI=1S/C16H15BrO/c1-11-6-7-12(2)14(8-11)10-16(18)13-4-3-5-15(17)9-13/h3-9H,10H2,1-2H3. The molecule has 0 saturated heterocycles. The van der Waals surface area contributed by atoms with Crippen LogP contribution < -0.4 is 0 Å². The first kappa shape index (κ1) is 13.0. The molecule has 0 heterocycles. The van der Waals surface area contributed by atoms with Crippen LogP contribution in [0.2, 0.25) is 0 Å². The van der Waals surface area contributed by atoms with Crippen LogP contribution in [0.15, 0.2) is 46.9 Å². The van der Waals surface area contributed by atoms with Crippen molar-refractivity contribution in [2.45, 2.75) is 20.3 Å². The van der Waals surface area contributed by atoms with Crippen molar-refractivity contribution in [2.24, 2.45) is 0 Å². The summed E-state index contributed by atoms with van der Waals surface area (Å²) in [6, 6.07) is 13.8. The molecule has 0 saturated carbocycles. The molecule has 0 radical (unpaired) electrons. The quantitative estimate of drug-likeness (QED) is 0.763. The highest BCUT2D eigenvalue weighted by Crippen LogP contribution is 2.16. The molecular weight excluding hydrogens is 288 g/mol. The van der Waals surface area contributed by atoms with Gasteiger partial charge in [-0.1, -0.05) is 51.8 Å². The van der Waals surface area contributed by atoms with E-state index in [1.165, 1.54) is 11.1 Å². The molecule has 0 aliphatic rings. The molecule has 0 fully saturated rings. The summed E-state index contributed by atoms with van der Waals surface area (Å²) in [6.07, 6.45) is 0.462. The van der Waals surface area contributed by atoms with E-state index in [9.17, 15) is 4.79 Å². The summed E-state index contributed by atoms with van der Waals surface area (Å²) in [6.45, 7) is 4.09. The minimum absolute atomic E-state index is 0.157. The summed E-state index contributed by atoms with van der Waals surface area (Å²) in [5.74, 6) is 0.157. The number of Topliss-reactive ketones (excluding diaryl/α,β-unsaturated/α-hetero) is 1. The largest absolute Gasteiger partial charge is 0.294 e. The van der Waals surface area contributed by atoms with Gasteiger partial charge in [-0.05, 0) is 37.1 Å². The van der Waals surface area contributed by atoms with Crippen LogP contribution in [0.25, 0.3) is 0 Å². The van der Waals surface area contributed by atoms with Crippen LogP contribution in [0, 0.1) is 13.8 Å². The molecule has 2 heteroatoms. The smallest absolute Gasteiger partial charge is 0.167 e. The van der Waals surface area contributed by atoms with Gasteiger partial charge in [0.1, 0.15) is 0 Å². The van der Waals surface area contributed by atoms with Gasteiger partial charge in [-0.15, -0.1) is 0 Å². The lowest BCUT2D eigenvalue weighted by molar-refractivity contribution is 0.0992. The number of hydrogen-bond acceptors (Lipinski definition) is 1. The van der Waals surface area contributed by atoms with Crippen molar-refractivity contribution in [3.8, 4) is 0 Å². The van der Waals surface area contributed by atoms with Crippen LogP contribution in [-0.2, 0) is 6.42 Å². The fourth-order valence-corrected chi connectivity index (χ4v) is 2.33. The maximum atomic E-state index is 12.2. The zero-order valence-corrected chi connectivity index (χ0v) is 12.1. The Balaban J connectivity index is 2.24. The molecule has 0 aliphatic carbocycles. The summed E-state index contributed by atoms with van der Waals surface area (Å²) < 4.78 is 0.939. The van der Waals surface area contributed by atoms with Gasteiger partial charge in [-0.25, -0.2) is 0 Å². The first-order valence-corrected chi connectivity index (χ1v) is 6.70. The third-order valence-corrected chi connectivity index (χ3v) is 3.50. The van der Waals surface area contributed by atoms with Crippen molar-refractivity contribution in [1.29, 1.82) is 0 Å². The average molecular weight is 303 g/mol. The van der Waals surface area contributed by atoms with Crippen molar-refractivity contribution in [2.75, 3.05) is 0 Å². The predicted molar refractivity (Wildman–Crippen MR) is 78.1 cm³/mol. The minimum Gasteiger partial charge on any atom is -0.294 e. The van der Waals surface area contributed by atoms with Crippen molar-refractivity contribution >= 4 is 21.7 Å². The van der Waals surface area contributed by atoms with E-state index in [0.29, 0.717) is 6.42 Å². The predicted octanol–water partition coefficient (Wildman–Crippen LogP) is 4.49. The lowest BCUT2D eigenvalue weighted by Crippen LogP contribution is -2.05. The van der Waals surface area contributed by atoms with E-state index in [-0.39, 0.29) is 5.78 Å². The van der Waals surface area contributed by atoms with Gasteiger partial charge in [-0.3, -0.25) is 4.79 Å². The Bertz CT molecular complexity index is 587. The van der Waals surface area contributed by atoms with Crippen LogP contribution in [0.3, 0.4) is 0 Å². The second kappa shape index (κ2) is 5.49. The Hall–Kier alpha value is -1.41. The van der Waals surface area contributed by atoms with Gasteiger partial charge >= 0.3 is 0 Å². The molecule has 2 rings (SSSR count). The summed E-state index contributed by atoms with van der Waals surface area (Å²) in [4.78, 5) is 12.2. The highest BCUT2D eigenvalue weighted by Gasteiger charge is 2.09. The van der Waals surface area contributed by atoms with E-state index < -0.39 is 0 Å². The molecule has 0 aromatic heterocycles. The van der Waals surface area contributed by atoms with E-state index >= 15 is 0 Å². The Kier molecular flexibility index (Phi) is 3.97. The minimum atomic E-state index is 0.157. The molecule has 0 unspecified atom stereocenters. The molecule has 0 amide bonds. The molecule has 0 N–H and O–H groups in total. The topological polar surface area (TPSA) is 17.1 Å². The lowest BCUT2D eigenvalue weighted by atomic mass is 9.98. The van der Waals surface area contributed by atoms with Crippen LogP contribution >= 0.6 is 15.9 Å². The van der Waals surface area contributed by atoms with Gasteiger partial charge in [0.2, 0.25) is 0 Å². The second-order valence-corrected chi connectivity index (χ2v) is 5.46. The van der Waals surface area contributed by atoms with Gasteiger partial charge in [0.25, 0.3) is 0 Å². The van der Waals surface area contributed by atoms with E-state index in [0.717, 1.165) is 15.6 Å². The Morgan fingerprint density at radius 2 is 1.89 bits per heavy atom. The highest BCUT2D eigenvalue weighted by atomic mass is 79.9. The lowest BCUT2D eigenvalue weighted by Gasteiger charge is -2.07. The third-order valence-electron chi connectivity index (χ3n) is 3.00. The molecule has 2 aromatic carbocycles. The van der Waals surface area contributed by atoms with Crippen LogP contribution in [0.1, 0.15) is 27.0 Å². The zero-order valence-electron chi connectivity index (χ0n) is 10.5. The van der Waals surface area contributed by atoms with E-state index in [2.05, 4.69) is 34.1 Å². The first-order valence-electron chi connectivity index (χ1n) is 5.91. The molecular formula is C16H15BrO. The molecule has 0 bridgehead atoms. The maximum Gasteiger partial charge on any atom is 0.167 e. The van der Waals surface area contributed by atoms with E-state index in [1.807, 2.05) is 38.1 Å². The van der Waals surface area contributed by atoms with E-state index in [4.69, 9.17) is 0 Å².